The van der Waals surface area contributed by atoms with E-state index in [1.807, 2.05) is 36.7 Å². The van der Waals surface area contributed by atoms with Gasteiger partial charge in [-0.05, 0) is 48.2 Å². The number of nitrogens with one attached hydrogen (secondary N) is 2. The molecule has 158 valence electrons. The zero-order valence-electron chi connectivity index (χ0n) is 17.1. The Bertz CT molecular complexity index is 1220. The number of nitrogens with two attached hydrogens (primary N) is 1. The molecule has 0 radical (unpaired) electrons. The number of hydrogen-bond donors (Lipinski definition) is 3. The van der Waals surface area contributed by atoms with Crippen LogP contribution < -0.4 is 16.4 Å². The van der Waals surface area contributed by atoms with Gasteiger partial charge in [-0.3, -0.25) is 0 Å². The number of fused-ring (bicyclic) bond motifs is 2. The first-order chi connectivity index (χ1) is 15.2. The van der Waals surface area contributed by atoms with Crippen LogP contribution in [0.2, 0.25) is 5.02 Å². The number of rotatable bonds is 6. The maximum Gasteiger partial charge on any atom is 0.131 e. The van der Waals surface area contributed by atoms with Crippen molar-refractivity contribution in [3.8, 4) is 0 Å². The summed E-state index contributed by atoms with van der Waals surface area (Å²) in [6.45, 7) is 2.62. The number of aromatic nitrogens is 4. The van der Waals surface area contributed by atoms with Gasteiger partial charge in [0.25, 0.3) is 0 Å². The minimum atomic E-state index is 0.484. The third-order valence-electron chi connectivity index (χ3n) is 5.81. The second-order valence-corrected chi connectivity index (χ2v) is 8.34. The summed E-state index contributed by atoms with van der Waals surface area (Å²) in [7, 11) is 0. The molecule has 5 rings (SSSR count). The lowest BCUT2D eigenvalue weighted by molar-refractivity contribution is 0.397. The molecule has 8 heteroatoms. The fraction of sp³-hybridized carbons (Fsp3) is 0.261. The molecule has 1 unspecified atom stereocenters. The van der Waals surface area contributed by atoms with E-state index in [0.717, 1.165) is 53.8 Å². The molecule has 1 atom stereocenters. The Morgan fingerprint density at radius 2 is 2.00 bits per heavy atom. The first kappa shape index (κ1) is 19.6. The molecule has 0 bridgehead atoms. The first-order valence-corrected chi connectivity index (χ1v) is 10.8. The molecule has 0 aliphatic carbocycles. The van der Waals surface area contributed by atoms with E-state index in [1.165, 1.54) is 5.82 Å². The molecule has 4 aromatic rings. The summed E-state index contributed by atoms with van der Waals surface area (Å²) in [5.41, 5.74) is 8.07. The van der Waals surface area contributed by atoms with E-state index in [4.69, 9.17) is 17.3 Å². The smallest absolute Gasteiger partial charge is 0.131 e. The maximum atomic E-state index is 6.29. The molecule has 3 aromatic heterocycles. The molecular weight excluding hydrogens is 410 g/mol. The predicted octanol–water partition coefficient (Wildman–Crippen LogP) is 4.35. The van der Waals surface area contributed by atoms with Crippen LogP contribution in [0, 0.1) is 5.92 Å². The Balaban J connectivity index is 1.21. The van der Waals surface area contributed by atoms with Crippen LogP contribution in [0.5, 0.6) is 0 Å². The number of imidazole rings is 1. The molecule has 0 spiro atoms. The molecule has 0 saturated heterocycles. The van der Waals surface area contributed by atoms with E-state index in [-0.39, 0.29) is 0 Å². The van der Waals surface area contributed by atoms with E-state index >= 15 is 0 Å². The van der Waals surface area contributed by atoms with Gasteiger partial charge in [-0.25, -0.2) is 15.0 Å². The van der Waals surface area contributed by atoms with Gasteiger partial charge in [-0.2, -0.15) is 0 Å². The van der Waals surface area contributed by atoms with Crippen molar-refractivity contribution in [3.05, 3.63) is 71.5 Å². The Morgan fingerprint density at radius 3 is 2.94 bits per heavy atom. The van der Waals surface area contributed by atoms with Crippen molar-refractivity contribution in [2.45, 2.75) is 25.9 Å². The fourth-order valence-corrected chi connectivity index (χ4v) is 4.27. The predicted molar refractivity (Wildman–Crippen MR) is 125 cm³/mol. The number of aryl methyl sites for hydroxylation is 1. The molecule has 4 N–H and O–H groups in total. The third kappa shape index (κ3) is 4.27. The van der Waals surface area contributed by atoms with Gasteiger partial charge in [-0.15, -0.1) is 0 Å². The summed E-state index contributed by atoms with van der Waals surface area (Å²) in [4.78, 5) is 13.0. The second-order valence-electron chi connectivity index (χ2n) is 7.93. The summed E-state index contributed by atoms with van der Waals surface area (Å²) >= 11 is 6.29. The number of pyridine rings is 2. The lowest BCUT2D eigenvalue weighted by Crippen LogP contribution is -2.25. The van der Waals surface area contributed by atoms with Crippen LogP contribution in [-0.4, -0.2) is 26.1 Å². The quantitative estimate of drug-likeness (QED) is 0.418. The standard InChI is InChI=1S/C23H24ClN7/c24-20-14-30-23(25)18-2-1-17(11-19(18)20)28-12-15-3-5-26-21(9-15)29-13-16-4-7-31-8-6-27-22(31)10-16/h1-3,5-6,8-9,11,14,16,28H,4,7,10,12-13H2,(H2,25,30)(H,26,29). The lowest BCUT2D eigenvalue weighted by atomic mass is 9.98. The third-order valence-corrected chi connectivity index (χ3v) is 6.12. The normalized spacial score (nSPS) is 15.6. The SMILES string of the molecule is Nc1ncc(Cl)c2cc(NCc3ccnc(NCC4CCn5ccnc5C4)c3)ccc12. The van der Waals surface area contributed by atoms with Gasteiger partial charge in [0.05, 0.1) is 5.02 Å². The average molecular weight is 434 g/mol. The lowest BCUT2D eigenvalue weighted by Gasteiger charge is -2.23. The van der Waals surface area contributed by atoms with Crippen LogP contribution in [0.25, 0.3) is 10.8 Å². The van der Waals surface area contributed by atoms with Gasteiger partial charge in [0, 0.05) is 67.3 Å². The zero-order valence-corrected chi connectivity index (χ0v) is 17.8. The molecule has 7 nitrogen and oxygen atoms in total. The highest BCUT2D eigenvalue weighted by Gasteiger charge is 2.19. The fourth-order valence-electron chi connectivity index (χ4n) is 4.06. The van der Waals surface area contributed by atoms with E-state index in [9.17, 15) is 0 Å². The average Bonchev–Trinajstić information content (AvgIpc) is 3.27. The van der Waals surface area contributed by atoms with Crippen LogP contribution in [-0.2, 0) is 19.5 Å². The van der Waals surface area contributed by atoms with Crippen molar-refractivity contribution in [2.24, 2.45) is 5.92 Å². The minimum absolute atomic E-state index is 0.484. The highest BCUT2D eigenvalue weighted by Crippen LogP contribution is 2.29. The molecular formula is C23H24ClN7. The van der Waals surface area contributed by atoms with Crippen LogP contribution in [0.3, 0.4) is 0 Å². The van der Waals surface area contributed by atoms with Gasteiger partial charge in [-0.1, -0.05) is 11.6 Å². The van der Waals surface area contributed by atoms with Crippen LogP contribution >= 0.6 is 11.6 Å². The summed E-state index contributed by atoms with van der Waals surface area (Å²) in [6, 6.07) is 10.0. The second kappa shape index (κ2) is 8.43. The van der Waals surface area contributed by atoms with Gasteiger partial charge in [0.15, 0.2) is 0 Å². The van der Waals surface area contributed by atoms with Crippen LogP contribution in [0.4, 0.5) is 17.3 Å². The Morgan fingerprint density at radius 1 is 1.06 bits per heavy atom. The molecule has 31 heavy (non-hydrogen) atoms. The molecule has 1 aliphatic rings. The molecule has 1 aromatic carbocycles. The monoisotopic (exact) mass is 433 g/mol. The molecule has 0 saturated carbocycles. The van der Waals surface area contributed by atoms with E-state index in [2.05, 4.69) is 42.4 Å². The van der Waals surface area contributed by atoms with Crippen molar-refractivity contribution in [1.29, 1.82) is 0 Å². The van der Waals surface area contributed by atoms with Gasteiger partial charge in [0.1, 0.15) is 17.5 Å². The van der Waals surface area contributed by atoms with E-state index < -0.39 is 0 Å². The molecule has 1 aliphatic heterocycles. The number of nitrogen functional groups attached to an aromatic ring is 1. The largest absolute Gasteiger partial charge is 0.383 e. The van der Waals surface area contributed by atoms with Crippen molar-refractivity contribution in [3.63, 3.8) is 0 Å². The summed E-state index contributed by atoms with van der Waals surface area (Å²) in [6.07, 6.45) is 9.54. The maximum absolute atomic E-state index is 6.29. The molecule has 4 heterocycles. The van der Waals surface area contributed by atoms with Crippen molar-refractivity contribution < 1.29 is 0 Å². The van der Waals surface area contributed by atoms with Crippen LogP contribution in [0.15, 0.2) is 55.1 Å². The van der Waals surface area contributed by atoms with E-state index in [1.54, 1.807) is 6.20 Å². The van der Waals surface area contributed by atoms with Gasteiger partial charge < -0.3 is 20.9 Å². The zero-order chi connectivity index (χ0) is 21.2. The number of benzene rings is 1. The topological polar surface area (TPSA) is 93.7 Å². The summed E-state index contributed by atoms with van der Waals surface area (Å²) in [5.74, 6) is 3.13. The molecule has 0 amide bonds. The Kier molecular flexibility index (Phi) is 5.34. The van der Waals surface area contributed by atoms with Crippen molar-refractivity contribution >= 4 is 39.7 Å². The van der Waals surface area contributed by atoms with Crippen molar-refractivity contribution in [2.75, 3.05) is 22.9 Å². The summed E-state index contributed by atoms with van der Waals surface area (Å²) in [5, 5.41) is 9.30. The minimum Gasteiger partial charge on any atom is -0.383 e. The summed E-state index contributed by atoms with van der Waals surface area (Å²) < 4.78 is 2.24. The highest BCUT2D eigenvalue weighted by molar-refractivity contribution is 6.35. The van der Waals surface area contributed by atoms with Gasteiger partial charge >= 0.3 is 0 Å². The van der Waals surface area contributed by atoms with E-state index in [0.29, 0.717) is 23.3 Å². The number of nitrogens with zero attached hydrogens (tertiary/aromatic N) is 4. The number of anilines is 3. The Hall–Kier alpha value is -3.32. The van der Waals surface area contributed by atoms with Gasteiger partial charge in [0.2, 0.25) is 0 Å². The van der Waals surface area contributed by atoms with Crippen LogP contribution in [0.1, 0.15) is 17.8 Å². The highest BCUT2D eigenvalue weighted by atomic mass is 35.5. The first-order valence-electron chi connectivity index (χ1n) is 10.4. The van der Waals surface area contributed by atoms with Crippen molar-refractivity contribution in [1.82, 2.24) is 19.5 Å². The Labute approximate surface area is 185 Å². The number of halogens is 1. The number of hydrogen-bond acceptors (Lipinski definition) is 6. The molecule has 0 fully saturated rings.